The van der Waals surface area contributed by atoms with Crippen LogP contribution in [-0.2, 0) is 0 Å². The lowest BCUT2D eigenvalue weighted by Crippen LogP contribution is -2.16. The van der Waals surface area contributed by atoms with Crippen LogP contribution in [0.1, 0.15) is 17.7 Å². The minimum atomic E-state index is -4.40. The SMILES string of the molecule is CC(c1sc(-c2cncc(F)c2)nc1Cl)C(F)(F)F. The van der Waals surface area contributed by atoms with Gasteiger partial charge in [0, 0.05) is 11.8 Å². The fraction of sp³-hybridized carbons (Fsp3) is 0.273. The summed E-state index contributed by atoms with van der Waals surface area (Å²) < 4.78 is 50.9. The normalized spacial score (nSPS) is 13.6. The Hall–Kier alpha value is -1.21. The van der Waals surface area contributed by atoms with E-state index in [1.54, 1.807) is 0 Å². The van der Waals surface area contributed by atoms with E-state index in [1.807, 2.05) is 0 Å². The Morgan fingerprint density at radius 3 is 2.58 bits per heavy atom. The van der Waals surface area contributed by atoms with Gasteiger partial charge >= 0.3 is 6.18 Å². The molecule has 0 aromatic carbocycles. The topological polar surface area (TPSA) is 25.8 Å². The number of thiazole rings is 1. The summed E-state index contributed by atoms with van der Waals surface area (Å²) in [5.41, 5.74) is 0.299. The Kier molecular flexibility index (Phi) is 3.78. The lowest BCUT2D eigenvalue weighted by atomic mass is 10.1. The molecule has 1 unspecified atom stereocenters. The molecule has 2 aromatic heterocycles. The standard InChI is InChI=1S/C11H7ClF4N2S/c1-5(11(14,15)16)8-9(12)18-10(19-8)6-2-7(13)4-17-3-6/h2-5H,1H3. The van der Waals surface area contributed by atoms with Gasteiger partial charge in [-0.2, -0.15) is 13.2 Å². The molecule has 0 fully saturated rings. The summed E-state index contributed by atoms with van der Waals surface area (Å²) in [6.45, 7) is 1.01. The smallest absolute Gasteiger partial charge is 0.261 e. The zero-order chi connectivity index (χ0) is 14.2. The second-order valence-electron chi connectivity index (χ2n) is 3.83. The minimum absolute atomic E-state index is 0.0894. The number of pyridine rings is 1. The molecule has 8 heteroatoms. The third kappa shape index (κ3) is 3.03. The molecule has 0 radical (unpaired) electrons. The molecule has 1 atom stereocenters. The van der Waals surface area contributed by atoms with Crippen molar-refractivity contribution in [2.24, 2.45) is 0 Å². The fourth-order valence-electron chi connectivity index (χ4n) is 1.38. The molecule has 2 aromatic rings. The van der Waals surface area contributed by atoms with Gasteiger partial charge in [0.25, 0.3) is 0 Å². The number of nitrogens with zero attached hydrogens (tertiary/aromatic N) is 2. The molecule has 0 saturated carbocycles. The highest BCUT2D eigenvalue weighted by Gasteiger charge is 2.39. The van der Waals surface area contributed by atoms with Crippen LogP contribution < -0.4 is 0 Å². The van der Waals surface area contributed by atoms with Gasteiger partial charge < -0.3 is 0 Å². The summed E-state index contributed by atoms with van der Waals surface area (Å²) in [6, 6.07) is 1.14. The molecule has 0 aliphatic carbocycles. The lowest BCUT2D eigenvalue weighted by molar-refractivity contribution is -0.145. The second kappa shape index (κ2) is 5.05. The zero-order valence-corrected chi connectivity index (χ0v) is 11.1. The number of halogens is 5. The van der Waals surface area contributed by atoms with Crippen LogP contribution in [0, 0.1) is 5.82 Å². The Balaban J connectivity index is 2.42. The maximum absolute atomic E-state index is 13.0. The third-order valence-corrected chi connectivity index (χ3v) is 4.13. The van der Waals surface area contributed by atoms with Crippen molar-refractivity contribution in [3.8, 4) is 10.6 Å². The van der Waals surface area contributed by atoms with Crippen molar-refractivity contribution in [2.75, 3.05) is 0 Å². The molecule has 2 heterocycles. The average molecular weight is 311 g/mol. The maximum atomic E-state index is 13.0. The van der Waals surface area contributed by atoms with E-state index in [0.717, 1.165) is 30.5 Å². The molecular weight excluding hydrogens is 304 g/mol. The van der Waals surface area contributed by atoms with Crippen LogP contribution in [0.5, 0.6) is 0 Å². The molecule has 0 N–H and O–H groups in total. The second-order valence-corrected chi connectivity index (χ2v) is 5.22. The minimum Gasteiger partial charge on any atom is -0.261 e. The number of rotatable bonds is 2. The van der Waals surface area contributed by atoms with Crippen molar-refractivity contribution in [3.63, 3.8) is 0 Å². The van der Waals surface area contributed by atoms with Gasteiger partial charge in [0.1, 0.15) is 16.0 Å². The van der Waals surface area contributed by atoms with Crippen molar-refractivity contribution >= 4 is 22.9 Å². The monoisotopic (exact) mass is 310 g/mol. The number of aromatic nitrogens is 2. The van der Waals surface area contributed by atoms with E-state index in [2.05, 4.69) is 9.97 Å². The highest BCUT2D eigenvalue weighted by atomic mass is 35.5. The van der Waals surface area contributed by atoms with Crippen LogP contribution in [-0.4, -0.2) is 16.1 Å². The van der Waals surface area contributed by atoms with Crippen LogP contribution in [0.2, 0.25) is 5.15 Å². The summed E-state index contributed by atoms with van der Waals surface area (Å²) in [4.78, 5) is 7.36. The summed E-state index contributed by atoms with van der Waals surface area (Å²) >= 11 is 6.51. The van der Waals surface area contributed by atoms with E-state index in [0.29, 0.717) is 5.56 Å². The van der Waals surface area contributed by atoms with Gasteiger partial charge in [0.05, 0.1) is 17.0 Å². The molecule has 19 heavy (non-hydrogen) atoms. The summed E-state index contributed by atoms with van der Waals surface area (Å²) in [5, 5.41) is -0.00261. The highest BCUT2D eigenvalue weighted by Crippen LogP contribution is 2.42. The van der Waals surface area contributed by atoms with Gasteiger partial charge in [-0.15, -0.1) is 11.3 Å². The maximum Gasteiger partial charge on any atom is 0.396 e. The van der Waals surface area contributed by atoms with Crippen LogP contribution in [0.25, 0.3) is 10.6 Å². The first-order chi connectivity index (χ1) is 8.79. The van der Waals surface area contributed by atoms with Crippen molar-refractivity contribution in [1.82, 2.24) is 9.97 Å². The van der Waals surface area contributed by atoms with Gasteiger partial charge in [-0.05, 0) is 13.0 Å². The Labute approximate surface area is 115 Å². The number of hydrogen-bond acceptors (Lipinski definition) is 3. The Bertz CT molecular complexity index is 597. The summed E-state index contributed by atoms with van der Waals surface area (Å²) in [6.07, 6.45) is -2.08. The first-order valence-electron chi connectivity index (χ1n) is 5.13. The first kappa shape index (κ1) is 14.2. The van der Waals surface area contributed by atoms with E-state index >= 15 is 0 Å². The van der Waals surface area contributed by atoms with Crippen LogP contribution in [0.15, 0.2) is 18.5 Å². The Morgan fingerprint density at radius 1 is 1.32 bits per heavy atom. The van der Waals surface area contributed by atoms with Gasteiger partial charge in [0.2, 0.25) is 0 Å². The number of hydrogen-bond donors (Lipinski definition) is 0. The molecule has 0 aliphatic rings. The third-order valence-electron chi connectivity index (χ3n) is 2.45. The first-order valence-corrected chi connectivity index (χ1v) is 6.32. The van der Waals surface area contributed by atoms with Gasteiger partial charge in [0.15, 0.2) is 0 Å². The van der Waals surface area contributed by atoms with Gasteiger partial charge in [-0.25, -0.2) is 9.37 Å². The summed E-state index contributed by atoms with van der Waals surface area (Å²) in [5.74, 6) is -2.30. The molecule has 0 bridgehead atoms. The van der Waals surface area contributed by atoms with E-state index in [4.69, 9.17) is 11.6 Å². The average Bonchev–Trinajstić information content (AvgIpc) is 2.69. The number of alkyl halides is 3. The van der Waals surface area contributed by atoms with Gasteiger partial charge in [-0.3, -0.25) is 4.98 Å². The molecule has 0 aliphatic heterocycles. The molecule has 2 nitrogen and oxygen atoms in total. The van der Waals surface area contributed by atoms with E-state index in [9.17, 15) is 17.6 Å². The predicted octanol–water partition coefficient (Wildman–Crippen LogP) is 4.66. The molecule has 0 spiro atoms. The molecular formula is C11H7ClF4N2S. The van der Waals surface area contributed by atoms with E-state index < -0.39 is 17.9 Å². The lowest BCUT2D eigenvalue weighted by Gasteiger charge is -2.13. The largest absolute Gasteiger partial charge is 0.396 e. The van der Waals surface area contributed by atoms with E-state index in [-0.39, 0.29) is 15.0 Å². The zero-order valence-electron chi connectivity index (χ0n) is 9.50. The fourth-order valence-corrected chi connectivity index (χ4v) is 2.81. The predicted molar refractivity (Wildman–Crippen MR) is 64.8 cm³/mol. The van der Waals surface area contributed by atoms with Crippen molar-refractivity contribution in [2.45, 2.75) is 19.0 Å². The van der Waals surface area contributed by atoms with Crippen LogP contribution >= 0.6 is 22.9 Å². The van der Waals surface area contributed by atoms with Crippen LogP contribution in [0.4, 0.5) is 17.6 Å². The Morgan fingerprint density at radius 2 is 2.00 bits per heavy atom. The van der Waals surface area contributed by atoms with Gasteiger partial charge in [-0.1, -0.05) is 11.6 Å². The van der Waals surface area contributed by atoms with Crippen LogP contribution in [0.3, 0.4) is 0 Å². The molecule has 0 saturated heterocycles. The quantitative estimate of drug-likeness (QED) is 0.754. The van der Waals surface area contributed by atoms with Crippen molar-refractivity contribution in [1.29, 1.82) is 0 Å². The molecule has 2 rings (SSSR count). The van der Waals surface area contributed by atoms with E-state index in [1.165, 1.54) is 6.20 Å². The van der Waals surface area contributed by atoms with Crippen molar-refractivity contribution in [3.05, 3.63) is 34.3 Å². The molecule has 102 valence electrons. The molecule has 0 amide bonds. The highest BCUT2D eigenvalue weighted by molar-refractivity contribution is 7.15. The van der Waals surface area contributed by atoms with Crippen molar-refractivity contribution < 1.29 is 17.6 Å². The summed E-state index contributed by atoms with van der Waals surface area (Å²) in [7, 11) is 0.